The third-order valence-electron chi connectivity index (χ3n) is 3.15. The highest BCUT2D eigenvalue weighted by Crippen LogP contribution is 2.29. The molecule has 0 spiro atoms. The van der Waals surface area contributed by atoms with E-state index in [0.717, 1.165) is 0 Å². The second-order valence-electron chi connectivity index (χ2n) is 4.66. The Kier molecular flexibility index (Phi) is 3.46. The monoisotopic (exact) mass is 293 g/mol. The van der Waals surface area contributed by atoms with Crippen molar-refractivity contribution in [3.63, 3.8) is 0 Å². The van der Waals surface area contributed by atoms with Gasteiger partial charge >= 0.3 is 0 Å². The predicted octanol–water partition coefficient (Wildman–Crippen LogP) is 1.90. The van der Waals surface area contributed by atoms with E-state index in [0.29, 0.717) is 22.7 Å². The lowest BCUT2D eigenvalue weighted by Gasteiger charge is -2.24. The summed E-state index contributed by atoms with van der Waals surface area (Å²) in [7, 11) is 0. The first-order chi connectivity index (χ1) is 10.7. The van der Waals surface area contributed by atoms with E-state index in [4.69, 9.17) is 10.00 Å². The van der Waals surface area contributed by atoms with Gasteiger partial charge in [0.2, 0.25) is 0 Å². The normalized spacial score (nSPS) is 15.8. The molecule has 1 heterocycles. The molecule has 2 aromatic carbocycles. The number of rotatable bonds is 2. The zero-order chi connectivity index (χ0) is 15.5. The molecule has 6 heteroatoms. The molecule has 0 radical (unpaired) electrons. The van der Waals surface area contributed by atoms with Gasteiger partial charge in [0, 0.05) is 5.69 Å². The molecule has 108 valence electrons. The Bertz CT molecular complexity index is 778. The molecule has 0 bridgehead atoms. The van der Waals surface area contributed by atoms with Crippen LogP contribution in [0.1, 0.15) is 5.56 Å². The maximum atomic E-state index is 12.2. The van der Waals surface area contributed by atoms with Gasteiger partial charge in [-0.3, -0.25) is 9.59 Å². The minimum Gasteiger partial charge on any atom is -0.468 e. The summed E-state index contributed by atoms with van der Waals surface area (Å²) in [6.07, 6.45) is -1.26. The zero-order valence-corrected chi connectivity index (χ0v) is 11.4. The summed E-state index contributed by atoms with van der Waals surface area (Å²) < 4.78 is 5.45. The molecule has 22 heavy (non-hydrogen) atoms. The number of benzene rings is 2. The molecule has 0 fully saturated rings. The topological polar surface area (TPSA) is 91.2 Å². The molecule has 0 unspecified atom stereocenters. The van der Waals surface area contributed by atoms with Crippen molar-refractivity contribution in [3.05, 3.63) is 54.1 Å². The maximum Gasteiger partial charge on any atom is 0.275 e. The van der Waals surface area contributed by atoms with Crippen LogP contribution < -0.4 is 15.4 Å². The highest BCUT2D eigenvalue weighted by molar-refractivity contribution is 6.15. The second-order valence-corrected chi connectivity index (χ2v) is 4.66. The van der Waals surface area contributed by atoms with Crippen molar-refractivity contribution >= 4 is 23.2 Å². The zero-order valence-electron chi connectivity index (χ0n) is 11.4. The van der Waals surface area contributed by atoms with Crippen LogP contribution in [0.4, 0.5) is 11.4 Å². The number of carbonyl (C=O) groups is 2. The molecule has 2 amide bonds. The number of nitrogens with zero attached hydrogens (tertiary/aromatic N) is 1. The molecule has 0 aromatic heterocycles. The van der Waals surface area contributed by atoms with E-state index >= 15 is 0 Å². The summed E-state index contributed by atoms with van der Waals surface area (Å²) in [5.74, 6) is -0.649. The Morgan fingerprint density at radius 1 is 1.18 bits per heavy atom. The van der Waals surface area contributed by atoms with Crippen LogP contribution in [-0.4, -0.2) is 17.9 Å². The van der Waals surface area contributed by atoms with E-state index in [2.05, 4.69) is 10.6 Å². The highest BCUT2D eigenvalue weighted by atomic mass is 16.5. The van der Waals surface area contributed by atoms with E-state index in [1.807, 2.05) is 6.07 Å². The fourth-order valence-corrected chi connectivity index (χ4v) is 2.06. The summed E-state index contributed by atoms with van der Waals surface area (Å²) in [6.45, 7) is 0. The van der Waals surface area contributed by atoms with Crippen molar-refractivity contribution in [3.8, 4) is 11.8 Å². The smallest absolute Gasteiger partial charge is 0.275 e. The average Bonchev–Trinajstić information content (AvgIpc) is 2.54. The number of ether oxygens (including phenoxy) is 1. The lowest BCUT2D eigenvalue weighted by atomic mass is 10.2. The molecule has 3 rings (SSSR count). The van der Waals surface area contributed by atoms with Gasteiger partial charge in [-0.15, -0.1) is 0 Å². The number of para-hydroxylation sites is 2. The number of amides is 2. The SMILES string of the molecule is N#Cc1ccc(NC(=O)[C@H]2Oc3ccccc3NC2=O)cc1. The van der Waals surface area contributed by atoms with E-state index in [-0.39, 0.29) is 0 Å². The van der Waals surface area contributed by atoms with Crippen LogP contribution in [0, 0.1) is 11.3 Å². The number of hydrogen-bond donors (Lipinski definition) is 2. The summed E-state index contributed by atoms with van der Waals surface area (Å²) in [5, 5.41) is 13.9. The van der Waals surface area contributed by atoms with Gasteiger partial charge in [-0.25, -0.2) is 0 Å². The number of nitrogens with one attached hydrogen (secondary N) is 2. The molecule has 2 N–H and O–H groups in total. The molecule has 0 saturated carbocycles. The Labute approximate surface area is 126 Å². The number of carbonyl (C=O) groups excluding carboxylic acids is 2. The summed E-state index contributed by atoms with van der Waals surface area (Å²) in [5.41, 5.74) is 1.51. The van der Waals surface area contributed by atoms with Crippen LogP contribution >= 0.6 is 0 Å². The number of nitriles is 1. The minimum absolute atomic E-state index is 0.446. The first kappa shape index (κ1) is 13.6. The van der Waals surface area contributed by atoms with Gasteiger partial charge < -0.3 is 15.4 Å². The van der Waals surface area contributed by atoms with Crippen molar-refractivity contribution in [1.29, 1.82) is 5.26 Å². The van der Waals surface area contributed by atoms with Crippen LogP contribution in [0.3, 0.4) is 0 Å². The predicted molar refractivity (Wildman–Crippen MR) is 79.3 cm³/mol. The van der Waals surface area contributed by atoms with Crippen LogP contribution in [0.5, 0.6) is 5.75 Å². The quantitative estimate of drug-likeness (QED) is 0.827. The first-order valence-corrected chi connectivity index (χ1v) is 6.55. The van der Waals surface area contributed by atoms with E-state index in [9.17, 15) is 9.59 Å². The first-order valence-electron chi connectivity index (χ1n) is 6.55. The number of hydrogen-bond acceptors (Lipinski definition) is 4. The number of fused-ring (bicyclic) bond motifs is 1. The Hall–Kier alpha value is -3.33. The Morgan fingerprint density at radius 3 is 2.64 bits per heavy atom. The third-order valence-corrected chi connectivity index (χ3v) is 3.15. The van der Waals surface area contributed by atoms with Gasteiger partial charge in [0.1, 0.15) is 5.75 Å². The molecule has 0 aliphatic carbocycles. The molecule has 2 aromatic rings. The average molecular weight is 293 g/mol. The van der Waals surface area contributed by atoms with Crippen molar-refractivity contribution in [2.45, 2.75) is 6.10 Å². The fourth-order valence-electron chi connectivity index (χ4n) is 2.06. The third kappa shape index (κ3) is 2.60. The van der Waals surface area contributed by atoms with E-state index in [1.165, 1.54) is 0 Å². The molecular weight excluding hydrogens is 282 g/mol. The maximum absolute atomic E-state index is 12.2. The van der Waals surface area contributed by atoms with Crippen molar-refractivity contribution < 1.29 is 14.3 Å². The standard InChI is InChI=1S/C16H11N3O3/c17-9-10-5-7-11(8-6-10)18-15(20)14-16(21)19-12-3-1-2-4-13(12)22-14/h1-8,14H,(H,18,20)(H,19,21)/t14-/m1/s1. The van der Waals surface area contributed by atoms with Crippen molar-refractivity contribution in [2.75, 3.05) is 10.6 Å². The van der Waals surface area contributed by atoms with Gasteiger partial charge in [0.05, 0.1) is 17.3 Å². The number of anilines is 2. The van der Waals surface area contributed by atoms with Gasteiger partial charge in [-0.2, -0.15) is 5.26 Å². The molecule has 6 nitrogen and oxygen atoms in total. The van der Waals surface area contributed by atoms with Gasteiger partial charge in [0.25, 0.3) is 17.9 Å². The van der Waals surface area contributed by atoms with Gasteiger partial charge in [0.15, 0.2) is 0 Å². The van der Waals surface area contributed by atoms with Crippen LogP contribution in [0.25, 0.3) is 0 Å². The minimum atomic E-state index is -1.26. The van der Waals surface area contributed by atoms with Gasteiger partial charge in [-0.1, -0.05) is 12.1 Å². The van der Waals surface area contributed by atoms with Crippen LogP contribution in [0.15, 0.2) is 48.5 Å². The molecule has 1 atom stereocenters. The lowest BCUT2D eigenvalue weighted by molar-refractivity contribution is -0.133. The van der Waals surface area contributed by atoms with E-state index in [1.54, 1.807) is 48.5 Å². The second kappa shape index (κ2) is 5.58. The van der Waals surface area contributed by atoms with Crippen molar-refractivity contribution in [2.24, 2.45) is 0 Å². The Morgan fingerprint density at radius 2 is 1.91 bits per heavy atom. The summed E-state index contributed by atoms with van der Waals surface area (Å²) in [4.78, 5) is 24.1. The highest BCUT2D eigenvalue weighted by Gasteiger charge is 2.33. The van der Waals surface area contributed by atoms with Gasteiger partial charge in [-0.05, 0) is 36.4 Å². The summed E-state index contributed by atoms with van der Waals surface area (Å²) in [6, 6.07) is 15.2. The van der Waals surface area contributed by atoms with Crippen LogP contribution in [0.2, 0.25) is 0 Å². The fraction of sp³-hybridized carbons (Fsp3) is 0.0625. The van der Waals surface area contributed by atoms with Crippen molar-refractivity contribution in [1.82, 2.24) is 0 Å². The largest absolute Gasteiger partial charge is 0.468 e. The molecule has 0 saturated heterocycles. The van der Waals surface area contributed by atoms with E-state index < -0.39 is 17.9 Å². The lowest BCUT2D eigenvalue weighted by Crippen LogP contribution is -2.45. The molecule has 1 aliphatic heterocycles. The Balaban J connectivity index is 1.75. The summed E-state index contributed by atoms with van der Waals surface area (Å²) >= 11 is 0. The molecule has 1 aliphatic rings. The van der Waals surface area contributed by atoms with Crippen LogP contribution in [-0.2, 0) is 9.59 Å². The molecular formula is C16H11N3O3.